The van der Waals surface area contributed by atoms with Gasteiger partial charge in [0.25, 0.3) is 0 Å². The van der Waals surface area contributed by atoms with Gasteiger partial charge in [0, 0.05) is 18.3 Å². The van der Waals surface area contributed by atoms with E-state index in [4.69, 9.17) is 4.74 Å². The minimum Gasteiger partial charge on any atom is -0.478 e. The first-order chi connectivity index (χ1) is 8.65. The van der Waals surface area contributed by atoms with Crippen molar-refractivity contribution >= 4 is 11.9 Å². The number of methoxy groups -OCH3 is 1. The summed E-state index contributed by atoms with van der Waals surface area (Å²) in [5, 5.41) is 3.02. The van der Waals surface area contributed by atoms with Gasteiger partial charge in [0.05, 0.1) is 20.1 Å². The third kappa shape index (κ3) is 4.99. The lowest BCUT2D eigenvalue weighted by Crippen LogP contribution is -2.21. The van der Waals surface area contributed by atoms with Crippen LogP contribution >= 0.6 is 0 Å². The standard InChI is InChI=1S/C12H19N3O3/c1-4-7-18-10-5-6-13-12(15-10)14-9(2)8-11(16)17-3/h5-6,9H,4,7-8H2,1-3H3,(H,13,14,15). The molecular weight excluding hydrogens is 234 g/mol. The van der Waals surface area contributed by atoms with E-state index in [2.05, 4.69) is 20.0 Å². The molecule has 0 radical (unpaired) electrons. The first-order valence-electron chi connectivity index (χ1n) is 5.95. The van der Waals surface area contributed by atoms with E-state index in [-0.39, 0.29) is 18.4 Å². The predicted molar refractivity (Wildman–Crippen MR) is 67.5 cm³/mol. The van der Waals surface area contributed by atoms with E-state index in [0.29, 0.717) is 18.4 Å². The quantitative estimate of drug-likeness (QED) is 0.744. The van der Waals surface area contributed by atoms with Gasteiger partial charge in [-0.3, -0.25) is 4.79 Å². The lowest BCUT2D eigenvalue weighted by Gasteiger charge is -2.12. The van der Waals surface area contributed by atoms with E-state index in [0.717, 1.165) is 6.42 Å². The fourth-order valence-electron chi connectivity index (χ4n) is 1.30. The number of ether oxygens (including phenoxy) is 2. The minimum atomic E-state index is -0.270. The fraction of sp³-hybridized carbons (Fsp3) is 0.583. The fourth-order valence-corrected chi connectivity index (χ4v) is 1.30. The molecule has 0 aliphatic rings. The third-order valence-corrected chi connectivity index (χ3v) is 2.16. The molecule has 0 aliphatic heterocycles. The molecule has 1 unspecified atom stereocenters. The Morgan fingerprint density at radius 3 is 3.00 bits per heavy atom. The highest BCUT2D eigenvalue weighted by atomic mass is 16.5. The smallest absolute Gasteiger partial charge is 0.307 e. The van der Waals surface area contributed by atoms with E-state index in [1.165, 1.54) is 7.11 Å². The van der Waals surface area contributed by atoms with Crippen molar-refractivity contribution in [1.82, 2.24) is 9.97 Å². The number of nitrogens with one attached hydrogen (secondary N) is 1. The molecule has 1 rings (SSSR count). The molecule has 0 aliphatic carbocycles. The molecular formula is C12H19N3O3. The van der Waals surface area contributed by atoms with Crippen LogP contribution in [0.15, 0.2) is 12.3 Å². The van der Waals surface area contributed by atoms with Crippen LogP contribution in [0.4, 0.5) is 5.95 Å². The van der Waals surface area contributed by atoms with Gasteiger partial charge in [0.1, 0.15) is 0 Å². The monoisotopic (exact) mass is 253 g/mol. The van der Waals surface area contributed by atoms with E-state index in [1.54, 1.807) is 12.3 Å². The van der Waals surface area contributed by atoms with Crippen molar-refractivity contribution in [3.05, 3.63) is 12.3 Å². The number of carbonyl (C=O) groups excluding carboxylic acids is 1. The van der Waals surface area contributed by atoms with E-state index in [9.17, 15) is 4.79 Å². The molecule has 0 fully saturated rings. The van der Waals surface area contributed by atoms with Crippen LogP contribution in [0.5, 0.6) is 5.88 Å². The molecule has 1 N–H and O–H groups in total. The highest BCUT2D eigenvalue weighted by Gasteiger charge is 2.10. The Hall–Kier alpha value is -1.85. The number of aromatic nitrogens is 2. The predicted octanol–water partition coefficient (Wildman–Crippen LogP) is 1.63. The van der Waals surface area contributed by atoms with Gasteiger partial charge < -0.3 is 14.8 Å². The number of hydrogen-bond acceptors (Lipinski definition) is 6. The Kier molecular flexibility index (Phi) is 5.90. The Bertz CT molecular complexity index is 385. The van der Waals surface area contributed by atoms with Gasteiger partial charge in [0.2, 0.25) is 11.8 Å². The van der Waals surface area contributed by atoms with Crippen molar-refractivity contribution < 1.29 is 14.3 Å². The molecule has 100 valence electrons. The van der Waals surface area contributed by atoms with Crippen LogP contribution in [0.3, 0.4) is 0 Å². The molecule has 1 aromatic heterocycles. The maximum absolute atomic E-state index is 11.1. The molecule has 0 saturated carbocycles. The Labute approximate surface area is 107 Å². The van der Waals surface area contributed by atoms with E-state index < -0.39 is 0 Å². The van der Waals surface area contributed by atoms with Gasteiger partial charge in [-0.25, -0.2) is 4.98 Å². The molecule has 0 aromatic carbocycles. The summed E-state index contributed by atoms with van der Waals surface area (Å²) in [6.45, 7) is 4.51. The molecule has 1 aromatic rings. The summed E-state index contributed by atoms with van der Waals surface area (Å²) < 4.78 is 9.99. The molecule has 0 saturated heterocycles. The largest absolute Gasteiger partial charge is 0.478 e. The van der Waals surface area contributed by atoms with Gasteiger partial charge in [-0.15, -0.1) is 0 Å². The van der Waals surface area contributed by atoms with Crippen LogP contribution in [0.2, 0.25) is 0 Å². The molecule has 1 heterocycles. The summed E-state index contributed by atoms with van der Waals surface area (Å²) in [6, 6.07) is 1.60. The molecule has 6 heteroatoms. The van der Waals surface area contributed by atoms with Gasteiger partial charge in [-0.1, -0.05) is 6.92 Å². The average Bonchev–Trinajstić information content (AvgIpc) is 2.36. The lowest BCUT2D eigenvalue weighted by atomic mass is 10.2. The number of hydrogen-bond donors (Lipinski definition) is 1. The normalized spacial score (nSPS) is 11.7. The molecule has 0 spiro atoms. The molecule has 0 amide bonds. The van der Waals surface area contributed by atoms with Gasteiger partial charge in [0.15, 0.2) is 0 Å². The SMILES string of the molecule is CCCOc1ccnc(NC(C)CC(=O)OC)n1. The Balaban J connectivity index is 2.53. The summed E-state index contributed by atoms with van der Waals surface area (Å²) in [5.74, 6) is 0.702. The van der Waals surface area contributed by atoms with Crippen molar-refractivity contribution in [2.45, 2.75) is 32.7 Å². The van der Waals surface area contributed by atoms with Crippen molar-refractivity contribution in [3.63, 3.8) is 0 Å². The molecule has 18 heavy (non-hydrogen) atoms. The number of nitrogens with zero attached hydrogens (tertiary/aromatic N) is 2. The second-order valence-electron chi connectivity index (χ2n) is 3.89. The van der Waals surface area contributed by atoms with E-state index in [1.807, 2.05) is 13.8 Å². The van der Waals surface area contributed by atoms with Crippen LogP contribution in [-0.2, 0) is 9.53 Å². The number of esters is 1. The van der Waals surface area contributed by atoms with Crippen LogP contribution in [0.1, 0.15) is 26.7 Å². The van der Waals surface area contributed by atoms with Crippen LogP contribution in [0.25, 0.3) is 0 Å². The highest BCUT2D eigenvalue weighted by Crippen LogP contribution is 2.10. The van der Waals surface area contributed by atoms with Crippen LogP contribution in [-0.4, -0.2) is 35.7 Å². The molecule has 0 bridgehead atoms. The average molecular weight is 253 g/mol. The van der Waals surface area contributed by atoms with Crippen molar-refractivity contribution in [2.24, 2.45) is 0 Å². The van der Waals surface area contributed by atoms with Crippen molar-refractivity contribution in [3.8, 4) is 5.88 Å². The summed E-state index contributed by atoms with van der Waals surface area (Å²) in [5.41, 5.74) is 0. The first kappa shape index (κ1) is 14.2. The Morgan fingerprint density at radius 1 is 1.56 bits per heavy atom. The Morgan fingerprint density at radius 2 is 2.33 bits per heavy atom. The highest BCUT2D eigenvalue weighted by molar-refractivity contribution is 5.70. The summed E-state index contributed by atoms with van der Waals surface area (Å²) in [4.78, 5) is 19.3. The molecule has 1 atom stereocenters. The minimum absolute atomic E-state index is 0.0983. The van der Waals surface area contributed by atoms with E-state index >= 15 is 0 Å². The molecule has 6 nitrogen and oxygen atoms in total. The lowest BCUT2D eigenvalue weighted by molar-refractivity contribution is -0.140. The van der Waals surface area contributed by atoms with Crippen molar-refractivity contribution in [2.75, 3.05) is 19.0 Å². The summed E-state index contributed by atoms with van der Waals surface area (Å²) >= 11 is 0. The number of rotatable bonds is 7. The third-order valence-electron chi connectivity index (χ3n) is 2.16. The zero-order chi connectivity index (χ0) is 13.4. The maximum Gasteiger partial charge on any atom is 0.307 e. The topological polar surface area (TPSA) is 73.3 Å². The summed E-state index contributed by atoms with van der Waals surface area (Å²) in [6.07, 6.45) is 2.80. The second kappa shape index (κ2) is 7.47. The zero-order valence-electron chi connectivity index (χ0n) is 11.0. The number of carbonyl (C=O) groups is 1. The van der Waals surface area contributed by atoms with Crippen LogP contribution in [0, 0.1) is 0 Å². The van der Waals surface area contributed by atoms with Gasteiger partial charge in [-0.05, 0) is 13.3 Å². The van der Waals surface area contributed by atoms with Gasteiger partial charge >= 0.3 is 5.97 Å². The number of anilines is 1. The summed E-state index contributed by atoms with van der Waals surface area (Å²) in [7, 11) is 1.37. The zero-order valence-corrected chi connectivity index (χ0v) is 11.0. The van der Waals surface area contributed by atoms with Crippen LogP contribution < -0.4 is 10.1 Å². The van der Waals surface area contributed by atoms with Crippen molar-refractivity contribution in [1.29, 1.82) is 0 Å². The second-order valence-corrected chi connectivity index (χ2v) is 3.89. The maximum atomic E-state index is 11.1. The van der Waals surface area contributed by atoms with Gasteiger partial charge in [-0.2, -0.15) is 4.98 Å². The first-order valence-corrected chi connectivity index (χ1v) is 5.95.